The molecule has 0 aliphatic rings. The molecule has 2 aromatic rings. The molecule has 2 rings (SSSR count). The second-order valence-corrected chi connectivity index (χ2v) is 4.31. The number of carbonyl (C=O) groups is 1. The van der Waals surface area contributed by atoms with Gasteiger partial charge in [-0.2, -0.15) is 13.2 Å². The number of halogens is 4. The van der Waals surface area contributed by atoms with Crippen LogP contribution in [0, 0.1) is 10.1 Å². The predicted octanol–water partition coefficient (Wildman–Crippen LogP) is 2.64. The van der Waals surface area contributed by atoms with Gasteiger partial charge < -0.3 is 15.4 Å². The molecule has 0 spiro atoms. The van der Waals surface area contributed by atoms with Crippen LogP contribution in [0.15, 0.2) is 18.3 Å². The first-order valence-electron chi connectivity index (χ1n) is 5.42. The van der Waals surface area contributed by atoms with Crippen LogP contribution in [0.5, 0.6) is 0 Å². The molecule has 2 heterocycles. The number of nitro groups is 1. The first kappa shape index (κ1) is 15.7. The maximum atomic E-state index is 12.4. The van der Waals surface area contributed by atoms with E-state index in [9.17, 15) is 28.1 Å². The van der Waals surface area contributed by atoms with Gasteiger partial charge >= 0.3 is 12.0 Å². The fourth-order valence-corrected chi connectivity index (χ4v) is 1.59. The number of anilines is 1. The zero-order chi connectivity index (χ0) is 16.5. The van der Waals surface area contributed by atoms with Crippen molar-refractivity contribution in [2.24, 2.45) is 0 Å². The summed E-state index contributed by atoms with van der Waals surface area (Å²) in [7, 11) is 0. The second-order valence-electron chi connectivity index (χ2n) is 3.90. The Morgan fingerprint density at radius 3 is 2.59 bits per heavy atom. The molecule has 0 radical (unpaired) electrons. The van der Waals surface area contributed by atoms with Crippen molar-refractivity contribution in [3.8, 4) is 0 Å². The molecule has 116 valence electrons. The van der Waals surface area contributed by atoms with Crippen LogP contribution in [0.4, 0.5) is 24.8 Å². The van der Waals surface area contributed by atoms with E-state index in [1.807, 2.05) is 5.10 Å². The van der Waals surface area contributed by atoms with E-state index in [-0.39, 0.29) is 11.5 Å². The minimum absolute atomic E-state index is 0.328. The number of pyridine rings is 1. The van der Waals surface area contributed by atoms with E-state index in [0.29, 0.717) is 12.3 Å². The number of aromatic nitrogens is 3. The third-order valence-corrected chi connectivity index (χ3v) is 2.68. The van der Waals surface area contributed by atoms with Crippen LogP contribution < -0.4 is 5.32 Å². The molecule has 0 atom stereocenters. The molecule has 0 aliphatic heterocycles. The topological polar surface area (TPSA) is 114 Å². The van der Waals surface area contributed by atoms with Crippen molar-refractivity contribution in [1.82, 2.24) is 15.2 Å². The van der Waals surface area contributed by atoms with Crippen LogP contribution in [0.3, 0.4) is 0 Å². The van der Waals surface area contributed by atoms with Gasteiger partial charge in [0.25, 0.3) is 5.91 Å². The number of nitrogens with zero attached hydrogens (tertiary/aromatic N) is 3. The smallest absolute Gasteiger partial charge is 0.358 e. The van der Waals surface area contributed by atoms with Gasteiger partial charge in [-0.15, -0.1) is 5.10 Å². The van der Waals surface area contributed by atoms with Gasteiger partial charge in [-0.05, 0) is 11.0 Å². The van der Waals surface area contributed by atoms with E-state index < -0.39 is 33.4 Å². The highest BCUT2D eigenvalue weighted by Crippen LogP contribution is 2.32. The average Bonchev–Trinajstić information content (AvgIpc) is 2.89. The Kier molecular flexibility index (Phi) is 3.99. The molecule has 0 unspecified atom stereocenters. The molecule has 0 saturated carbocycles. The summed E-state index contributed by atoms with van der Waals surface area (Å²) in [5.41, 5.74) is -1.42. The summed E-state index contributed by atoms with van der Waals surface area (Å²) >= 11 is 5.61. The maximum absolute atomic E-state index is 12.4. The van der Waals surface area contributed by atoms with Gasteiger partial charge in [-0.25, -0.2) is 4.98 Å². The lowest BCUT2D eigenvalue weighted by Gasteiger charge is -2.09. The summed E-state index contributed by atoms with van der Waals surface area (Å²) in [6, 6.07) is 1.45. The molecule has 0 aromatic carbocycles. The summed E-state index contributed by atoms with van der Waals surface area (Å²) < 4.78 is 37.3. The van der Waals surface area contributed by atoms with Crippen molar-refractivity contribution in [3.63, 3.8) is 0 Å². The number of alkyl halides is 3. The SMILES string of the molecule is O=C(Nc1ncc(C(F)(F)F)cc1Cl)c1cc([N+](=O)[O-])[nH]n1. The molecule has 22 heavy (non-hydrogen) atoms. The second kappa shape index (κ2) is 5.60. The minimum atomic E-state index is -4.62. The van der Waals surface area contributed by atoms with Gasteiger partial charge in [-0.1, -0.05) is 16.7 Å². The Bertz CT molecular complexity index is 746. The van der Waals surface area contributed by atoms with E-state index >= 15 is 0 Å². The summed E-state index contributed by atoms with van der Waals surface area (Å²) in [6.07, 6.45) is -4.13. The van der Waals surface area contributed by atoms with E-state index in [4.69, 9.17) is 11.6 Å². The number of hydrogen-bond acceptors (Lipinski definition) is 5. The van der Waals surface area contributed by atoms with Gasteiger partial charge in [0.2, 0.25) is 0 Å². The van der Waals surface area contributed by atoms with Crippen LogP contribution in [-0.2, 0) is 6.18 Å². The van der Waals surface area contributed by atoms with Crippen molar-refractivity contribution in [2.75, 3.05) is 5.32 Å². The Morgan fingerprint density at radius 1 is 1.41 bits per heavy atom. The number of aromatic amines is 1. The summed E-state index contributed by atoms with van der Waals surface area (Å²) in [5, 5.41) is 17.5. The van der Waals surface area contributed by atoms with Crippen LogP contribution in [0.1, 0.15) is 16.1 Å². The third kappa shape index (κ3) is 3.31. The highest BCUT2D eigenvalue weighted by atomic mass is 35.5. The fourth-order valence-electron chi connectivity index (χ4n) is 1.38. The van der Waals surface area contributed by atoms with E-state index in [1.165, 1.54) is 0 Å². The maximum Gasteiger partial charge on any atom is 0.417 e. The Hall–Kier alpha value is -2.69. The Morgan fingerprint density at radius 2 is 2.09 bits per heavy atom. The van der Waals surface area contributed by atoms with Crippen LogP contribution in [0.25, 0.3) is 0 Å². The molecule has 0 aliphatic carbocycles. The lowest BCUT2D eigenvalue weighted by Crippen LogP contribution is -2.15. The van der Waals surface area contributed by atoms with Gasteiger partial charge in [0.15, 0.2) is 11.5 Å². The highest BCUT2D eigenvalue weighted by Gasteiger charge is 2.31. The zero-order valence-electron chi connectivity index (χ0n) is 10.3. The van der Waals surface area contributed by atoms with E-state index in [0.717, 1.165) is 6.07 Å². The Labute approximate surface area is 124 Å². The first-order valence-corrected chi connectivity index (χ1v) is 5.80. The average molecular weight is 336 g/mol. The molecule has 12 heteroatoms. The monoisotopic (exact) mass is 335 g/mol. The number of carbonyl (C=O) groups excluding carboxylic acids is 1. The van der Waals surface area contributed by atoms with Crippen molar-refractivity contribution in [2.45, 2.75) is 6.18 Å². The van der Waals surface area contributed by atoms with Crippen molar-refractivity contribution < 1.29 is 22.9 Å². The molecule has 0 bridgehead atoms. The molecule has 0 saturated heterocycles. The number of hydrogen-bond donors (Lipinski definition) is 2. The summed E-state index contributed by atoms with van der Waals surface area (Å²) in [6.45, 7) is 0. The standard InChI is InChI=1S/C10H5ClF3N5O3/c11-5-1-4(10(12,13)14)3-15-8(5)16-9(20)6-2-7(18-17-6)19(21)22/h1-3H,(H,17,18)(H,15,16,20). The molecule has 1 amide bonds. The van der Waals surface area contributed by atoms with Crippen LogP contribution >= 0.6 is 11.6 Å². The quantitative estimate of drug-likeness (QED) is 0.661. The zero-order valence-corrected chi connectivity index (χ0v) is 11.1. The predicted molar refractivity (Wildman–Crippen MR) is 67.4 cm³/mol. The molecule has 2 N–H and O–H groups in total. The van der Waals surface area contributed by atoms with Gasteiger partial charge in [-0.3, -0.25) is 4.79 Å². The van der Waals surface area contributed by atoms with Crippen molar-refractivity contribution in [1.29, 1.82) is 0 Å². The summed E-state index contributed by atoms with van der Waals surface area (Å²) in [5.74, 6) is -1.76. The van der Waals surface area contributed by atoms with E-state index in [1.54, 1.807) is 0 Å². The van der Waals surface area contributed by atoms with Crippen molar-refractivity contribution in [3.05, 3.63) is 44.7 Å². The van der Waals surface area contributed by atoms with Gasteiger partial charge in [0.05, 0.1) is 16.7 Å². The number of nitrogens with one attached hydrogen (secondary N) is 2. The molecular weight excluding hydrogens is 331 g/mol. The van der Waals surface area contributed by atoms with Gasteiger partial charge in [0, 0.05) is 6.20 Å². The largest absolute Gasteiger partial charge is 0.417 e. The van der Waals surface area contributed by atoms with Crippen LogP contribution in [-0.4, -0.2) is 26.0 Å². The van der Waals surface area contributed by atoms with Gasteiger partial charge in [0.1, 0.15) is 0 Å². The molecular formula is C10H5ClF3N5O3. The lowest BCUT2D eigenvalue weighted by molar-refractivity contribution is -0.389. The molecule has 0 fully saturated rings. The molecule has 8 nitrogen and oxygen atoms in total. The molecule has 2 aromatic heterocycles. The number of H-pyrrole nitrogens is 1. The summed E-state index contributed by atoms with van der Waals surface area (Å²) in [4.78, 5) is 24.8. The normalized spacial score (nSPS) is 11.3. The van der Waals surface area contributed by atoms with E-state index in [2.05, 4.69) is 15.4 Å². The minimum Gasteiger partial charge on any atom is -0.358 e. The van der Waals surface area contributed by atoms with Crippen LogP contribution in [0.2, 0.25) is 5.02 Å². The first-order chi connectivity index (χ1) is 10.2. The third-order valence-electron chi connectivity index (χ3n) is 2.39. The highest BCUT2D eigenvalue weighted by molar-refractivity contribution is 6.33. The lowest BCUT2D eigenvalue weighted by atomic mass is 10.2. The van der Waals surface area contributed by atoms with Crippen molar-refractivity contribution >= 4 is 29.1 Å². The number of amides is 1. The Balaban J connectivity index is 2.19. The fraction of sp³-hybridized carbons (Fsp3) is 0.100. The number of rotatable bonds is 3.